The van der Waals surface area contributed by atoms with Crippen molar-refractivity contribution in [2.45, 2.75) is 19.5 Å². The number of aryl methyl sites for hydroxylation is 2. The summed E-state index contributed by atoms with van der Waals surface area (Å²) in [5, 5.41) is 13.8. The lowest BCUT2D eigenvalue weighted by molar-refractivity contribution is -0.123. The molecule has 35 heavy (non-hydrogen) atoms. The molecule has 0 fully saturated rings. The Morgan fingerprint density at radius 3 is 2.49 bits per heavy atom. The van der Waals surface area contributed by atoms with Crippen molar-refractivity contribution in [3.05, 3.63) is 84.3 Å². The number of carboxylic acid groups (broad SMARTS) is 2. The summed E-state index contributed by atoms with van der Waals surface area (Å²) >= 11 is 0. The number of H-pyrrole nitrogens is 1. The van der Waals surface area contributed by atoms with Crippen molar-refractivity contribution in [1.82, 2.24) is 33.5 Å². The van der Waals surface area contributed by atoms with E-state index in [0.29, 0.717) is 5.65 Å². The predicted octanol–water partition coefficient (Wildman–Crippen LogP) is 2.24. The van der Waals surface area contributed by atoms with Gasteiger partial charge in [0, 0.05) is 61.4 Å². The van der Waals surface area contributed by atoms with Gasteiger partial charge >= 0.3 is 0 Å². The number of aromatic amines is 1. The molecule has 0 atom stereocenters. The van der Waals surface area contributed by atoms with Gasteiger partial charge in [-0.3, -0.25) is 18.8 Å². The van der Waals surface area contributed by atoms with Crippen LogP contribution in [0.1, 0.15) is 6.42 Å². The monoisotopic (exact) mass is 477 g/mol. The Morgan fingerprint density at radius 1 is 0.971 bits per heavy atom. The highest BCUT2D eigenvalue weighted by Crippen LogP contribution is 2.26. The molecular formula is C23H23N7O5. The molecule has 180 valence electrons. The number of hydrogen-bond donors (Lipinski definition) is 3. The molecule has 0 aliphatic carbocycles. The molecule has 0 amide bonds. The van der Waals surface area contributed by atoms with Crippen LogP contribution in [0.4, 0.5) is 0 Å². The molecule has 0 saturated heterocycles. The summed E-state index contributed by atoms with van der Waals surface area (Å²) in [5.74, 6) is 0.921. The fourth-order valence-electron chi connectivity index (χ4n) is 3.56. The van der Waals surface area contributed by atoms with Crippen LogP contribution in [-0.2, 0) is 22.7 Å². The van der Waals surface area contributed by atoms with Gasteiger partial charge in [0.1, 0.15) is 5.82 Å². The van der Waals surface area contributed by atoms with Crippen LogP contribution in [0.5, 0.6) is 0 Å². The normalized spacial score (nSPS) is 10.1. The number of rotatable bonds is 6. The van der Waals surface area contributed by atoms with Gasteiger partial charge in [0.15, 0.2) is 0 Å². The van der Waals surface area contributed by atoms with Gasteiger partial charge in [0.2, 0.25) is 5.65 Å². The second-order valence-electron chi connectivity index (χ2n) is 7.02. The fraction of sp³-hybridized carbons (Fsp3) is 0.130. The third-order valence-electron chi connectivity index (χ3n) is 4.94. The molecule has 4 aromatic heterocycles. The van der Waals surface area contributed by atoms with Crippen molar-refractivity contribution in [2.75, 3.05) is 0 Å². The van der Waals surface area contributed by atoms with E-state index in [4.69, 9.17) is 19.8 Å². The lowest BCUT2D eigenvalue weighted by Crippen LogP contribution is -2.08. The number of benzene rings is 1. The van der Waals surface area contributed by atoms with Crippen LogP contribution in [0.2, 0.25) is 0 Å². The lowest BCUT2D eigenvalue weighted by Gasteiger charge is -2.10. The number of nitrogens with zero attached hydrogens (tertiary/aromatic N) is 6. The van der Waals surface area contributed by atoms with Gasteiger partial charge in [-0.25, -0.2) is 15.0 Å². The number of nitrogens with one attached hydrogen (secondary N) is 1. The van der Waals surface area contributed by atoms with E-state index in [1.54, 1.807) is 23.0 Å². The first-order valence-corrected chi connectivity index (χ1v) is 10.4. The third kappa shape index (κ3) is 6.07. The van der Waals surface area contributed by atoms with E-state index in [9.17, 15) is 4.79 Å². The minimum Gasteiger partial charge on any atom is -0.483 e. The molecule has 0 aliphatic heterocycles. The first-order chi connectivity index (χ1) is 17.1. The Labute approximate surface area is 198 Å². The van der Waals surface area contributed by atoms with Gasteiger partial charge in [-0.2, -0.15) is 0 Å². The molecule has 0 radical (unpaired) electrons. The quantitative estimate of drug-likeness (QED) is 0.314. The topological polar surface area (TPSA) is 160 Å². The van der Waals surface area contributed by atoms with E-state index in [-0.39, 0.29) is 18.5 Å². The highest BCUT2D eigenvalue weighted by molar-refractivity contribution is 5.70. The molecule has 12 heteroatoms. The van der Waals surface area contributed by atoms with Gasteiger partial charge in [0.25, 0.3) is 18.5 Å². The van der Waals surface area contributed by atoms with Gasteiger partial charge < -0.3 is 24.3 Å². The number of carbonyl (C=O) groups is 2. The van der Waals surface area contributed by atoms with Crippen molar-refractivity contribution >= 4 is 18.6 Å². The van der Waals surface area contributed by atoms with E-state index < -0.39 is 0 Å². The van der Waals surface area contributed by atoms with E-state index in [1.165, 1.54) is 0 Å². The van der Waals surface area contributed by atoms with Crippen LogP contribution < -0.4 is 5.56 Å². The largest absolute Gasteiger partial charge is 0.483 e. The summed E-state index contributed by atoms with van der Waals surface area (Å²) in [7, 11) is 0. The zero-order valence-corrected chi connectivity index (χ0v) is 18.5. The lowest BCUT2D eigenvalue weighted by atomic mass is 10.1. The first-order valence-electron chi connectivity index (χ1n) is 10.4. The molecule has 1 aromatic carbocycles. The van der Waals surface area contributed by atoms with Gasteiger partial charge in [-0.05, 0) is 12.5 Å². The highest BCUT2D eigenvalue weighted by Gasteiger charge is 2.11. The molecule has 3 N–H and O–H groups in total. The zero-order chi connectivity index (χ0) is 25.0. The Kier molecular flexibility index (Phi) is 8.66. The molecule has 12 nitrogen and oxygen atoms in total. The molecule has 0 unspecified atom stereocenters. The SMILES string of the molecule is O=CO.O=CO.O=c1[nH]ccn2c(-c3cccc(-c4nccn4CCCn4ccnc4)c3)cnc12. The first kappa shape index (κ1) is 24.6. The van der Waals surface area contributed by atoms with Crippen LogP contribution in [0.15, 0.2) is 78.8 Å². The summed E-state index contributed by atoms with van der Waals surface area (Å²) in [4.78, 5) is 44.2. The van der Waals surface area contributed by atoms with Crippen molar-refractivity contribution < 1.29 is 19.8 Å². The van der Waals surface area contributed by atoms with E-state index >= 15 is 0 Å². The highest BCUT2D eigenvalue weighted by atomic mass is 16.3. The Bertz CT molecular complexity index is 1410. The van der Waals surface area contributed by atoms with E-state index in [1.807, 2.05) is 49.3 Å². The molecule has 4 heterocycles. The van der Waals surface area contributed by atoms with Crippen LogP contribution in [-0.4, -0.2) is 56.6 Å². The molecule has 0 bridgehead atoms. The van der Waals surface area contributed by atoms with Crippen molar-refractivity contribution in [2.24, 2.45) is 0 Å². The van der Waals surface area contributed by atoms with Crippen LogP contribution >= 0.6 is 0 Å². The smallest absolute Gasteiger partial charge is 0.291 e. The molecule has 0 saturated carbocycles. The number of fused-ring (bicyclic) bond motifs is 1. The van der Waals surface area contributed by atoms with Gasteiger partial charge in [0.05, 0.1) is 18.2 Å². The molecule has 5 aromatic rings. The van der Waals surface area contributed by atoms with Crippen molar-refractivity contribution in [3.63, 3.8) is 0 Å². The Morgan fingerprint density at radius 2 is 1.74 bits per heavy atom. The minimum atomic E-state index is -0.250. The van der Waals surface area contributed by atoms with Crippen molar-refractivity contribution in [1.29, 1.82) is 0 Å². The van der Waals surface area contributed by atoms with Gasteiger partial charge in [-0.1, -0.05) is 18.2 Å². The summed E-state index contributed by atoms with van der Waals surface area (Å²) in [5.41, 5.74) is 3.05. The zero-order valence-electron chi connectivity index (χ0n) is 18.5. The predicted molar refractivity (Wildman–Crippen MR) is 127 cm³/mol. The molecular weight excluding hydrogens is 454 g/mol. The van der Waals surface area contributed by atoms with Crippen LogP contribution in [0.25, 0.3) is 28.3 Å². The van der Waals surface area contributed by atoms with Crippen LogP contribution in [0.3, 0.4) is 0 Å². The maximum atomic E-state index is 11.9. The van der Waals surface area contributed by atoms with Crippen molar-refractivity contribution in [3.8, 4) is 22.6 Å². The third-order valence-corrected chi connectivity index (χ3v) is 4.94. The average molecular weight is 477 g/mol. The Hall–Kier alpha value is -5.00. The van der Waals surface area contributed by atoms with E-state index in [0.717, 1.165) is 42.2 Å². The second-order valence-corrected chi connectivity index (χ2v) is 7.02. The molecule has 0 spiro atoms. The molecule has 0 aliphatic rings. The molecule has 5 rings (SSSR count). The summed E-state index contributed by atoms with van der Waals surface area (Å²) in [6.07, 6.45) is 15.6. The summed E-state index contributed by atoms with van der Waals surface area (Å²) < 4.78 is 6.04. The Balaban J connectivity index is 0.000000520. The maximum absolute atomic E-state index is 11.9. The average Bonchev–Trinajstić information content (AvgIpc) is 3.62. The number of imidazole rings is 3. The second kappa shape index (κ2) is 12.3. The summed E-state index contributed by atoms with van der Waals surface area (Å²) in [6.45, 7) is 1.27. The fourth-order valence-corrected chi connectivity index (χ4v) is 3.56. The van der Waals surface area contributed by atoms with Gasteiger partial charge in [-0.15, -0.1) is 0 Å². The standard InChI is InChI=1S/C21H19N7O.2CH2O2/c29-21-20-25-14-18(28(20)12-7-24-21)16-3-1-4-17(13-16)19-23-6-11-27(19)9-2-8-26-10-5-22-15-26;2*2-1-3/h1,3-7,10-15H,2,8-9H2,(H,24,29);2*1H,(H,2,3). The van der Waals surface area contributed by atoms with E-state index in [2.05, 4.69) is 35.1 Å². The minimum absolute atomic E-state index is 0.205. The van der Waals surface area contributed by atoms with Crippen LogP contribution in [0, 0.1) is 0 Å². The summed E-state index contributed by atoms with van der Waals surface area (Å²) in [6, 6.07) is 8.15. The maximum Gasteiger partial charge on any atom is 0.291 e. The number of hydrogen-bond acceptors (Lipinski definition) is 6. The number of aromatic nitrogens is 7.